The van der Waals surface area contributed by atoms with Crippen molar-refractivity contribution in [1.29, 1.82) is 0 Å². The van der Waals surface area contributed by atoms with Gasteiger partial charge in [-0.05, 0) is 19.8 Å². The van der Waals surface area contributed by atoms with Crippen LogP contribution in [0.4, 0.5) is 4.79 Å². The summed E-state index contributed by atoms with van der Waals surface area (Å²) in [7, 11) is 0. The molecule has 18 heavy (non-hydrogen) atoms. The van der Waals surface area contributed by atoms with Gasteiger partial charge in [0.25, 0.3) is 0 Å². The highest BCUT2D eigenvalue weighted by Gasteiger charge is 2.19. The fourth-order valence-electron chi connectivity index (χ4n) is 1.82. The molecule has 0 spiro atoms. The summed E-state index contributed by atoms with van der Waals surface area (Å²) < 4.78 is 5.21. The lowest BCUT2D eigenvalue weighted by Gasteiger charge is -2.15. The van der Waals surface area contributed by atoms with E-state index in [1.807, 2.05) is 13.1 Å². The van der Waals surface area contributed by atoms with Crippen molar-refractivity contribution in [3.8, 4) is 0 Å². The molecule has 5 nitrogen and oxygen atoms in total. The Kier molecular flexibility index (Phi) is 4.54. The van der Waals surface area contributed by atoms with Gasteiger partial charge < -0.3 is 15.4 Å². The van der Waals surface area contributed by atoms with E-state index >= 15 is 0 Å². The lowest BCUT2D eigenvalue weighted by Crippen LogP contribution is -2.43. The lowest BCUT2D eigenvalue weighted by atomic mass is 10.3. The molecule has 0 aliphatic carbocycles. The molecule has 6 heteroatoms. The number of ether oxygens (including phenoxy) is 1. The molecule has 0 saturated carbocycles. The maximum absolute atomic E-state index is 11.8. The molecule has 0 bridgehead atoms. The van der Waals surface area contributed by atoms with Crippen molar-refractivity contribution < 1.29 is 9.53 Å². The SMILES string of the molecule is CCc1cnc(C(C)NC(=O)NC2CCOC2)s1. The van der Waals surface area contributed by atoms with E-state index in [4.69, 9.17) is 4.74 Å². The first-order chi connectivity index (χ1) is 8.69. The number of amides is 2. The summed E-state index contributed by atoms with van der Waals surface area (Å²) in [6.07, 6.45) is 3.75. The zero-order valence-corrected chi connectivity index (χ0v) is 11.5. The van der Waals surface area contributed by atoms with Gasteiger partial charge in [-0.1, -0.05) is 6.92 Å². The Bertz CT molecular complexity index is 402. The van der Waals surface area contributed by atoms with Crippen LogP contribution < -0.4 is 10.6 Å². The Labute approximate surface area is 111 Å². The maximum Gasteiger partial charge on any atom is 0.315 e. The quantitative estimate of drug-likeness (QED) is 0.877. The van der Waals surface area contributed by atoms with Crippen LogP contribution in [-0.2, 0) is 11.2 Å². The van der Waals surface area contributed by atoms with E-state index in [0.29, 0.717) is 6.61 Å². The molecule has 2 atom stereocenters. The zero-order valence-electron chi connectivity index (χ0n) is 10.7. The van der Waals surface area contributed by atoms with Crippen LogP contribution >= 0.6 is 11.3 Å². The molecule has 1 aromatic heterocycles. The Morgan fingerprint density at radius 1 is 1.72 bits per heavy atom. The van der Waals surface area contributed by atoms with Gasteiger partial charge in [0.15, 0.2) is 0 Å². The number of nitrogens with one attached hydrogen (secondary N) is 2. The smallest absolute Gasteiger partial charge is 0.315 e. The summed E-state index contributed by atoms with van der Waals surface area (Å²) in [4.78, 5) is 17.3. The summed E-state index contributed by atoms with van der Waals surface area (Å²) in [6, 6.07) is -0.0661. The van der Waals surface area contributed by atoms with E-state index in [9.17, 15) is 4.79 Å². The van der Waals surface area contributed by atoms with Crippen molar-refractivity contribution in [2.75, 3.05) is 13.2 Å². The molecule has 2 amide bonds. The molecule has 2 rings (SSSR count). The van der Waals surface area contributed by atoms with E-state index in [1.54, 1.807) is 11.3 Å². The summed E-state index contributed by atoms with van der Waals surface area (Å²) in [5.74, 6) is 0. The first-order valence-electron chi connectivity index (χ1n) is 6.28. The van der Waals surface area contributed by atoms with Crippen molar-refractivity contribution in [3.63, 3.8) is 0 Å². The third kappa shape index (κ3) is 3.43. The van der Waals surface area contributed by atoms with E-state index < -0.39 is 0 Å². The third-order valence-corrected chi connectivity index (χ3v) is 4.23. The highest BCUT2D eigenvalue weighted by molar-refractivity contribution is 7.11. The summed E-state index contributed by atoms with van der Waals surface area (Å²) in [5, 5.41) is 6.75. The molecule has 2 N–H and O–H groups in total. The second-order valence-electron chi connectivity index (χ2n) is 4.42. The molecule has 1 fully saturated rings. The van der Waals surface area contributed by atoms with Crippen molar-refractivity contribution >= 4 is 17.4 Å². The van der Waals surface area contributed by atoms with Crippen molar-refractivity contribution in [2.24, 2.45) is 0 Å². The van der Waals surface area contributed by atoms with Gasteiger partial charge in [0.2, 0.25) is 0 Å². The van der Waals surface area contributed by atoms with E-state index in [0.717, 1.165) is 24.5 Å². The van der Waals surface area contributed by atoms with E-state index in [1.165, 1.54) is 4.88 Å². The number of carbonyl (C=O) groups is 1. The number of aryl methyl sites for hydroxylation is 1. The van der Waals surface area contributed by atoms with Gasteiger partial charge in [0.1, 0.15) is 5.01 Å². The Morgan fingerprint density at radius 3 is 3.17 bits per heavy atom. The van der Waals surface area contributed by atoms with Gasteiger partial charge in [0.05, 0.1) is 18.7 Å². The molecule has 0 aromatic carbocycles. The van der Waals surface area contributed by atoms with Crippen molar-refractivity contribution in [1.82, 2.24) is 15.6 Å². The van der Waals surface area contributed by atoms with Crippen LogP contribution in [0.1, 0.15) is 36.2 Å². The largest absolute Gasteiger partial charge is 0.379 e. The van der Waals surface area contributed by atoms with Crippen LogP contribution in [0.15, 0.2) is 6.20 Å². The van der Waals surface area contributed by atoms with E-state index in [-0.39, 0.29) is 18.1 Å². The number of hydrogen-bond acceptors (Lipinski definition) is 4. The average Bonchev–Trinajstić information content (AvgIpc) is 2.98. The summed E-state index contributed by atoms with van der Waals surface area (Å²) >= 11 is 1.65. The summed E-state index contributed by atoms with van der Waals surface area (Å²) in [6.45, 7) is 5.39. The van der Waals surface area contributed by atoms with Gasteiger partial charge in [-0.15, -0.1) is 11.3 Å². The van der Waals surface area contributed by atoms with E-state index in [2.05, 4.69) is 22.5 Å². The Balaban J connectivity index is 1.82. The molecule has 1 aliphatic rings. The monoisotopic (exact) mass is 269 g/mol. The number of thiazole rings is 1. The number of carbonyl (C=O) groups excluding carboxylic acids is 1. The van der Waals surface area contributed by atoms with Crippen LogP contribution in [0.5, 0.6) is 0 Å². The highest BCUT2D eigenvalue weighted by Crippen LogP contribution is 2.20. The highest BCUT2D eigenvalue weighted by atomic mass is 32.1. The van der Waals surface area contributed by atoms with Crippen LogP contribution in [-0.4, -0.2) is 30.3 Å². The first-order valence-corrected chi connectivity index (χ1v) is 7.10. The number of rotatable bonds is 4. The predicted molar refractivity (Wildman–Crippen MR) is 70.8 cm³/mol. The number of hydrogen-bond donors (Lipinski definition) is 2. The molecule has 100 valence electrons. The molecular weight excluding hydrogens is 250 g/mol. The minimum absolute atomic E-state index is 0.0578. The minimum atomic E-state index is -0.147. The fourth-order valence-corrected chi connectivity index (χ4v) is 2.68. The van der Waals surface area contributed by atoms with Crippen LogP contribution in [0.25, 0.3) is 0 Å². The lowest BCUT2D eigenvalue weighted by molar-refractivity contribution is 0.188. The molecule has 1 saturated heterocycles. The Hall–Kier alpha value is -1.14. The second-order valence-corrected chi connectivity index (χ2v) is 5.57. The zero-order chi connectivity index (χ0) is 13.0. The third-order valence-electron chi connectivity index (χ3n) is 2.90. The summed E-state index contributed by atoms with van der Waals surface area (Å²) in [5.41, 5.74) is 0. The van der Waals surface area contributed by atoms with Crippen LogP contribution in [0, 0.1) is 0 Å². The predicted octanol–water partition coefficient (Wildman–Crippen LogP) is 1.85. The molecule has 0 radical (unpaired) electrons. The molecule has 1 aliphatic heterocycles. The molecule has 2 unspecified atom stereocenters. The number of nitrogens with zero attached hydrogens (tertiary/aromatic N) is 1. The van der Waals surface area contributed by atoms with Gasteiger partial charge in [-0.25, -0.2) is 9.78 Å². The van der Waals surface area contributed by atoms with Crippen LogP contribution in [0.2, 0.25) is 0 Å². The number of urea groups is 1. The number of aromatic nitrogens is 1. The molecule has 2 heterocycles. The normalized spacial score (nSPS) is 20.7. The average molecular weight is 269 g/mol. The molecule has 1 aromatic rings. The fraction of sp³-hybridized carbons (Fsp3) is 0.667. The van der Waals surface area contributed by atoms with Crippen molar-refractivity contribution in [2.45, 2.75) is 38.8 Å². The second kappa shape index (κ2) is 6.15. The van der Waals surface area contributed by atoms with Gasteiger partial charge in [-0.2, -0.15) is 0 Å². The van der Waals surface area contributed by atoms with Gasteiger partial charge in [0, 0.05) is 17.7 Å². The first kappa shape index (κ1) is 13.3. The van der Waals surface area contributed by atoms with Gasteiger partial charge in [-0.3, -0.25) is 0 Å². The van der Waals surface area contributed by atoms with Crippen molar-refractivity contribution in [3.05, 3.63) is 16.1 Å². The maximum atomic E-state index is 11.8. The Morgan fingerprint density at radius 2 is 2.56 bits per heavy atom. The standard InChI is InChI=1S/C12H19N3O2S/c1-3-10-6-13-11(18-10)8(2)14-12(16)15-9-4-5-17-7-9/h6,8-9H,3-5,7H2,1-2H3,(H2,14,15,16). The minimum Gasteiger partial charge on any atom is -0.379 e. The van der Waals surface area contributed by atoms with Crippen LogP contribution in [0.3, 0.4) is 0 Å². The topological polar surface area (TPSA) is 63.2 Å². The van der Waals surface area contributed by atoms with Gasteiger partial charge >= 0.3 is 6.03 Å². The molecular formula is C12H19N3O2S.